The molecule has 13 nitrogen and oxygen atoms in total. The number of ether oxygens (including phenoxy) is 3. The predicted molar refractivity (Wildman–Crippen MR) is 194 cm³/mol. The molecule has 3 amide bonds. The number of hydrogen-bond donors (Lipinski definition) is 3. The number of nitrogens with zero attached hydrogens (tertiary/aromatic N) is 1. The van der Waals surface area contributed by atoms with Gasteiger partial charge in [-0.3, -0.25) is 19.2 Å². The fourth-order valence-corrected chi connectivity index (χ4v) is 5.68. The van der Waals surface area contributed by atoms with Crippen molar-refractivity contribution in [2.45, 2.75) is 111 Å². The van der Waals surface area contributed by atoms with Gasteiger partial charge in [0.15, 0.2) is 5.12 Å². The Labute approximate surface area is 298 Å². The molecule has 0 radical (unpaired) electrons. The highest BCUT2D eigenvalue weighted by atomic mass is 32.2. The smallest absolute Gasteiger partial charge is 0.408 e. The normalized spacial score (nSPS) is 13.4. The highest BCUT2D eigenvalue weighted by Crippen LogP contribution is 2.15. The minimum absolute atomic E-state index is 0.0153. The van der Waals surface area contributed by atoms with Crippen LogP contribution in [-0.4, -0.2) is 78.1 Å². The first kappa shape index (κ1) is 43.5. The van der Waals surface area contributed by atoms with Crippen molar-refractivity contribution in [3.05, 3.63) is 40.0 Å². The van der Waals surface area contributed by atoms with Gasteiger partial charge in [-0.05, 0) is 52.2 Å². The van der Waals surface area contributed by atoms with E-state index in [1.165, 1.54) is 18.4 Å². The number of hydrogen-bond acceptors (Lipinski definition) is 12. The van der Waals surface area contributed by atoms with Gasteiger partial charge >= 0.3 is 18.0 Å². The van der Waals surface area contributed by atoms with Crippen molar-refractivity contribution in [3.63, 3.8) is 0 Å². The minimum Gasteiger partial charge on any atom is -0.466 e. The number of amides is 3. The zero-order valence-corrected chi connectivity index (χ0v) is 32.9. The van der Waals surface area contributed by atoms with Gasteiger partial charge in [-0.2, -0.15) is 0 Å². The van der Waals surface area contributed by atoms with E-state index in [2.05, 4.69) is 40.6 Å². The lowest BCUT2D eigenvalue weighted by molar-refractivity contribution is -0.156. The minimum atomic E-state index is -1.43. The van der Waals surface area contributed by atoms with E-state index in [0.29, 0.717) is 17.2 Å². The molecule has 1 aromatic rings. The second-order valence-electron chi connectivity index (χ2n) is 13.6. The van der Waals surface area contributed by atoms with Gasteiger partial charge in [0.1, 0.15) is 34.1 Å². The standard InChI is InChI=1S/C33H52N4O9S2Si/c1-11-24(36-30(41)25-20-48-26(35-25)19-34-32(43)46-33(5,6)7)29(40)37-28(21(2)3)31(42)45-23(14-12-13-16-47-22(4)38)18-27(39)44-15-17-49(8,9)10/h11-12,14,20-21,23,28H,13,15-19H2,1-10H3,(H,34,43)(H,36,41)(H,37,40)/t23-,28+/m1/s1. The van der Waals surface area contributed by atoms with Gasteiger partial charge in [-0.15, -0.1) is 11.3 Å². The molecule has 0 aliphatic rings. The number of rotatable bonds is 18. The Hall–Kier alpha value is -3.50. The maximum atomic E-state index is 13.4. The maximum Gasteiger partial charge on any atom is 0.408 e. The van der Waals surface area contributed by atoms with Crippen molar-refractivity contribution in [2.75, 3.05) is 12.4 Å². The topological polar surface area (TPSA) is 179 Å². The molecule has 0 saturated heterocycles. The molecule has 0 aromatic carbocycles. The van der Waals surface area contributed by atoms with E-state index in [-0.39, 0.29) is 36.1 Å². The number of esters is 2. The molecule has 0 aliphatic heterocycles. The summed E-state index contributed by atoms with van der Waals surface area (Å²) in [6, 6.07) is -0.321. The Kier molecular flexibility index (Phi) is 18.5. The molecule has 0 spiro atoms. The van der Waals surface area contributed by atoms with Crippen LogP contribution in [0.5, 0.6) is 0 Å². The quantitative estimate of drug-likeness (QED) is 0.0441. The van der Waals surface area contributed by atoms with Gasteiger partial charge in [0.25, 0.3) is 11.8 Å². The number of thioether (sulfide) groups is 1. The molecule has 0 fully saturated rings. The van der Waals surface area contributed by atoms with E-state index in [1.807, 2.05) is 0 Å². The molecule has 0 bridgehead atoms. The first-order chi connectivity index (χ1) is 22.7. The Morgan fingerprint density at radius 2 is 1.78 bits per heavy atom. The van der Waals surface area contributed by atoms with Crippen LogP contribution in [0.4, 0.5) is 4.79 Å². The SMILES string of the molecule is CC=C(NC(=O)c1csc(CNC(=O)OC(C)(C)C)n1)C(=O)N[C@H](C(=O)O[C@H](C=CCCSC(C)=O)CC(=O)OCC[Si](C)(C)C)C(C)C. The Morgan fingerprint density at radius 3 is 2.35 bits per heavy atom. The molecular formula is C33H52N4O9S2Si. The van der Waals surface area contributed by atoms with Crippen molar-refractivity contribution in [3.8, 4) is 0 Å². The summed E-state index contributed by atoms with van der Waals surface area (Å²) in [6.07, 6.45) is 3.41. The summed E-state index contributed by atoms with van der Waals surface area (Å²) >= 11 is 2.31. The van der Waals surface area contributed by atoms with Crippen molar-refractivity contribution in [2.24, 2.45) is 5.92 Å². The number of alkyl carbamates (subject to hydrolysis) is 1. The fraction of sp³-hybridized carbons (Fsp3) is 0.606. The summed E-state index contributed by atoms with van der Waals surface area (Å²) in [6.45, 7) is 18.5. The van der Waals surface area contributed by atoms with Crippen molar-refractivity contribution in [1.82, 2.24) is 20.9 Å². The molecule has 3 N–H and O–H groups in total. The van der Waals surface area contributed by atoms with E-state index in [1.54, 1.807) is 53.7 Å². The first-order valence-electron chi connectivity index (χ1n) is 16.1. The lowest BCUT2D eigenvalue weighted by atomic mass is 10.0. The molecule has 16 heteroatoms. The lowest BCUT2D eigenvalue weighted by Gasteiger charge is -2.24. The summed E-state index contributed by atoms with van der Waals surface area (Å²) in [5.74, 6) is -2.56. The van der Waals surface area contributed by atoms with Crippen LogP contribution in [0.2, 0.25) is 25.7 Å². The molecule has 1 heterocycles. The van der Waals surface area contributed by atoms with Gasteiger partial charge in [0, 0.05) is 26.1 Å². The van der Waals surface area contributed by atoms with Crippen LogP contribution in [-0.2, 0) is 39.9 Å². The van der Waals surface area contributed by atoms with Gasteiger partial charge in [-0.25, -0.2) is 14.6 Å². The largest absolute Gasteiger partial charge is 0.466 e. The lowest BCUT2D eigenvalue weighted by Crippen LogP contribution is -2.48. The van der Waals surface area contributed by atoms with E-state index >= 15 is 0 Å². The average molecular weight is 741 g/mol. The molecule has 0 aliphatic carbocycles. The van der Waals surface area contributed by atoms with Crippen LogP contribution in [0.1, 0.15) is 76.8 Å². The van der Waals surface area contributed by atoms with E-state index in [4.69, 9.17) is 14.2 Å². The van der Waals surface area contributed by atoms with Crippen LogP contribution in [0, 0.1) is 5.92 Å². The van der Waals surface area contributed by atoms with E-state index in [0.717, 1.165) is 29.1 Å². The number of carbonyl (C=O) groups excluding carboxylic acids is 6. The molecule has 2 atom stereocenters. The van der Waals surface area contributed by atoms with Crippen LogP contribution in [0.3, 0.4) is 0 Å². The first-order valence-corrected chi connectivity index (χ1v) is 21.6. The summed E-state index contributed by atoms with van der Waals surface area (Å²) < 4.78 is 16.3. The highest BCUT2D eigenvalue weighted by molar-refractivity contribution is 8.13. The molecular weight excluding hydrogens is 689 g/mol. The summed E-state index contributed by atoms with van der Waals surface area (Å²) in [4.78, 5) is 79.5. The fourth-order valence-electron chi connectivity index (χ4n) is 3.71. The number of nitrogens with one attached hydrogen (secondary N) is 3. The number of allylic oxidation sites excluding steroid dienone is 2. The zero-order valence-electron chi connectivity index (χ0n) is 30.2. The van der Waals surface area contributed by atoms with E-state index in [9.17, 15) is 28.8 Å². The maximum absolute atomic E-state index is 13.4. The van der Waals surface area contributed by atoms with Gasteiger partial charge < -0.3 is 30.2 Å². The van der Waals surface area contributed by atoms with Crippen LogP contribution >= 0.6 is 23.1 Å². The van der Waals surface area contributed by atoms with Gasteiger partial charge in [0.05, 0.1) is 19.6 Å². The third-order valence-electron chi connectivity index (χ3n) is 6.25. The van der Waals surface area contributed by atoms with Crippen molar-refractivity contribution in [1.29, 1.82) is 0 Å². The van der Waals surface area contributed by atoms with Crippen molar-refractivity contribution >= 4 is 66.1 Å². The highest BCUT2D eigenvalue weighted by Gasteiger charge is 2.30. The van der Waals surface area contributed by atoms with Crippen molar-refractivity contribution < 1.29 is 43.0 Å². The second-order valence-corrected chi connectivity index (χ2v) is 21.4. The summed E-state index contributed by atoms with van der Waals surface area (Å²) in [5, 5.41) is 9.64. The second kappa shape index (κ2) is 20.9. The van der Waals surface area contributed by atoms with E-state index < -0.39 is 61.6 Å². The molecule has 0 unspecified atom stereocenters. The number of thiazole rings is 1. The third-order valence-corrected chi connectivity index (χ3v) is 9.65. The Balaban J connectivity index is 2.92. The van der Waals surface area contributed by atoms with Gasteiger partial charge in [-0.1, -0.05) is 57.4 Å². The average Bonchev–Trinajstić information content (AvgIpc) is 3.44. The summed E-state index contributed by atoms with van der Waals surface area (Å²) in [7, 11) is -1.43. The monoisotopic (exact) mass is 740 g/mol. The summed E-state index contributed by atoms with van der Waals surface area (Å²) in [5.41, 5.74) is -0.746. The number of aromatic nitrogens is 1. The zero-order chi connectivity index (χ0) is 37.4. The predicted octanol–water partition coefficient (Wildman–Crippen LogP) is 5.35. The molecule has 1 aromatic heterocycles. The van der Waals surface area contributed by atoms with Crippen LogP contribution < -0.4 is 16.0 Å². The van der Waals surface area contributed by atoms with Gasteiger partial charge in [0.2, 0.25) is 0 Å². The third kappa shape index (κ3) is 19.3. The Bertz CT molecular complexity index is 1360. The molecule has 1 rings (SSSR count). The number of carbonyl (C=O) groups is 6. The molecule has 0 saturated carbocycles. The molecule has 49 heavy (non-hydrogen) atoms. The van der Waals surface area contributed by atoms with Crippen LogP contribution in [0.15, 0.2) is 29.3 Å². The molecule has 274 valence electrons. The Morgan fingerprint density at radius 1 is 1.10 bits per heavy atom. The van der Waals surface area contributed by atoms with Crippen LogP contribution in [0.25, 0.3) is 0 Å².